The van der Waals surface area contributed by atoms with Gasteiger partial charge in [0.2, 0.25) is 0 Å². The Kier molecular flexibility index (Phi) is 5.86. The van der Waals surface area contributed by atoms with E-state index >= 15 is 0 Å². The summed E-state index contributed by atoms with van der Waals surface area (Å²) in [7, 11) is 1.82. The molecule has 0 aliphatic heterocycles. The number of aromatic nitrogens is 1. The molecule has 0 atom stereocenters. The molecule has 0 bridgehead atoms. The van der Waals surface area contributed by atoms with Crippen LogP contribution in [0.3, 0.4) is 0 Å². The molecule has 88 valence electrons. The minimum Gasteiger partial charge on any atom is -0.342 e. The van der Waals surface area contributed by atoms with Crippen molar-refractivity contribution in [2.75, 3.05) is 19.5 Å². The molecule has 0 aromatic carbocycles. The van der Waals surface area contributed by atoms with Gasteiger partial charge in [-0.3, -0.25) is 9.78 Å². The van der Waals surface area contributed by atoms with Gasteiger partial charge in [-0.15, -0.1) is 11.6 Å². The first-order chi connectivity index (χ1) is 7.75. The van der Waals surface area contributed by atoms with Gasteiger partial charge in [0.15, 0.2) is 0 Å². The van der Waals surface area contributed by atoms with Crippen LogP contribution in [0.15, 0.2) is 24.5 Å². The van der Waals surface area contributed by atoms with Crippen molar-refractivity contribution >= 4 is 17.5 Å². The van der Waals surface area contributed by atoms with Crippen LogP contribution in [0.5, 0.6) is 0 Å². The van der Waals surface area contributed by atoms with E-state index in [1.54, 1.807) is 29.4 Å². The van der Waals surface area contributed by atoms with E-state index in [-0.39, 0.29) is 5.91 Å². The maximum Gasteiger partial charge on any atom is 0.253 e. The highest BCUT2D eigenvalue weighted by atomic mass is 35.5. The molecular weight excluding hydrogens is 224 g/mol. The van der Waals surface area contributed by atoms with Gasteiger partial charge in [-0.05, 0) is 25.0 Å². The van der Waals surface area contributed by atoms with Crippen LogP contribution in [0.1, 0.15) is 29.6 Å². The van der Waals surface area contributed by atoms with Gasteiger partial charge in [0.1, 0.15) is 0 Å². The molecule has 0 aliphatic carbocycles. The van der Waals surface area contributed by atoms with Crippen molar-refractivity contribution in [3.63, 3.8) is 0 Å². The second-order valence-electron chi connectivity index (χ2n) is 3.71. The van der Waals surface area contributed by atoms with E-state index in [2.05, 4.69) is 4.98 Å². The van der Waals surface area contributed by atoms with E-state index in [0.29, 0.717) is 11.4 Å². The van der Waals surface area contributed by atoms with Gasteiger partial charge in [-0.2, -0.15) is 0 Å². The van der Waals surface area contributed by atoms with Gasteiger partial charge >= 0.3 is 0 Å². The van der Waals surface area contributed by atoms with Crippen LogP contribution in [0.25, 0.3) is 0 Å². The molecule has 0 N–H and O–H groups in total. The zero-order chi connectivity index (χ0) is 11.8. The highest BCUT2D eigenvalue weighted by molar-refractivity contribution is 6.17. The average Bonchev–Trinajstić information content (AvgIpc) is 2.34. The Morgan fingerprint density at radius 3 is 2.62 bits per heavy atom. The number of pyridine rings is 1. The van der Waals surface area contributed by atoms with E-state index in [4.69, 9.17) is 11.6 Å². The highest BCUT2D eigenvalue weighted by Gasteiger charge is 2.09. The lowest BCUT2D eigenvalue weighted by Crippen LogP contribution is -2.27. The van der Waals surface area contributed by atoms with Gasteiger partial charge in [0.25, 0.3) is 5.91 Å². The van der Waals surface area contributed by atoms with Gasteiger partial charge in [-0.25, -0.2) is 0 Å². The predicted octanol–water partition coefficient (Wildman–Crippen LogP) is 2.56. The molecule has 0 unspecified atom stereocenters. The van der Waals surface area contributed by atoms with E-state index in [0.717, 1.165) is 25.8 Å². The second-order valence-corrected chi connectivity index (χ2v) is 4.09. The summed E-state index contributed by atoms with van der Waals surface area (Å²) in [5.74, 6) is 0.746. The Labute approximate surface area is 101 Å². The molecule has 0 spiro atoms. The van der Waals surface area contributed by atoms with E-state index < -0.39 is 0 Å². The fraction of sp³-hybridized carbons (Fsp3) is 0.500. The molecule has 0 fully saturated rings. The van der Waals surface area contributed by atoms with Crippen LogP contribution in [-0.2, 0) is 0 Å². The molecule has 0 saturated carbocycles. The van der Waals surface area contributed by atoms with Crippen LogP contribution in [0, 0.1) is 0 Å². The summed E-state index contributed by atoms with van der Waals surface area (Å²) in [6.07, 6.45) is 6.35. The number of amides is 1. The number of alkyl halides is 1. The number of rotatable bonds is 6. The quantitative estimate of drug-likeness (QED) is 0.566. The average molecular weight is 241 g/mol. The summed E-state index contributed by atoms with van der Waals surface area (Å²) in [6.45, 7) is 0.776. The van der Waals surface area contributed by atoms with Crippen molar-refractivity contribution in [1.82, 2.24) is 9.88 Å². The first-order valence-electron chi connectivity index (χ1n) is 5.47. The summed E-state index contributed by atoms with van der Waals surface area (Å²) in [5, 5.41) is 0. The molecule has 16 heavy (non-hydrogen) atoms. The Hall–Kier alpha value is -1.09. The third-order valence-electron chi connectivity index (χ3n) is 2.40. The molecule has 0 saturated heterocycles. The van der Waals surface area contributed by atoms with Crippen molar-refractivity contribution < 1.29 is 4.79 Å². The molecule has 3 nitrogen and oxygen atoms in total. The molecule has 1 rings (SSSR count). The lowest BCUT2D eigenvalue weighted by molar-refractivity contribution is 0.0792. The maximum absolute atomic E-state index is 11.9. The molecular formula is C12H17ClN2O. The van der Waals surface area contributed by atoms with Crippen LogP contribution in [-0.4, -0.2) is 35.3 Å². The Morgan fingerprint density at radius 2 is 2.00 bits per heavy atom. The summed E-state index contributed by atoms with van der Waals surface area (Å²) in [5.41, 5.74) is 0.690. The second kappa shape index (κ2) is 7.23. The third kappa shape index (κ3) is 4.19. The number of hydrogen-bond donors (Lipinski definition) is 0. The minimum absolute atomic E-state index is 0.0493. The van der Waals surface area contributed by atoms with Crippen molar-refractivity contribution in [2.24, 2.45) is 0 Å². The van der Waals surface area contributed by atoms with Gasteiger partial charge < -0.3 is 4.90 Å². The van der Waals surface area contributed by atoms with Crippen LogP contribution < -0.4 is 0 Å². The topological polar surface area (TPSA) is 33.2 Å². The molecule has 0 radical (unpaired) electrons. The SMILES string of the molecule is CN(CCCCCCl)C(=O)c1ccncc1. The first-order valence-corrected chi connectivity index (χ1v) is 6.00. The monoisotopic (exact) mass is 240 g/mol. The zero-order valence-corrected chi connectivity index (χ0v) is 10.3. The minimum atomic E-state index is 0.0493. The van der Waals surface area contributed by atoms with Crippen molar-refractivity contribution in [2.45, 2.75) is 19.3 Å². The highest BCUT2D eigenvalue weighted by Crippen LogP contribution is 2.04. The number of nitrogens with zero attached hydrogens (tertiary/aromatic N) is 2. The van der Waals surface area contributed by atoms with E-state index in [1.807, 2.05) is 7.05 Å². The third-order valence-corrected chi connectivity index (χ3v) is 2.67. The Morgan fingerprint density at radius 1 is 1.31 bits per heavy atom. The number of carbonyl (C=O) groups is 1. The summed E-state index contributed by atoms with van der Waals surface area (Å²) in [4.78, 5) is 17.5. The Balaban J connectivity index is 2.37. The fourth-order valence-corrected chi connectivity index (χ4v) is 1.63. The maximum atomic E-state index is 11.9. The number of carbonyl (C=O) groups excluding carboxylic acids is 1. The molecule has 1 aromatic heterocycles. The summed E-state index contributed by atoms with van der Waals surface area (Å²) >= 11 is 5.59. The summed E-state index contributed by atoms with van der Waals surface area (Å²) in [6, 6.07) is 3.47. The fourth-order valence-electron chi connectivity index (χ4n) is 1.44. The van der Waals surface area contributed by atoms with E-state index in [1.165, 1.54) is 0 Å². The van der Waals surface area contributed by atoms with E-state index in [9.17, 15) is 4.79 Å². The molecule has 0 aliphatic rings. The molecule has 1 aromatic rings. The van der Waals surface area contributed by atoms with Gasteiger partial charge in [0.05, 0.1) is 0 Å². The summed E-state index contributed by atoms with van der Waals surface area (Å²) < 4.78 is 0. The lowest BCUT2D eigenvalue weighted by Gasteiger charge is -2.16. The van der Waals surface area contributed by atoms with Crippen molar-refractivity contribution in [3.8, 4) is 0 Å². The predicted molar refractivity (Wildman–Crippen MR) is 65.8 cm³/mol. The molecule has 1 heterocycles. The standard InChI is InChI=1S/C12H17ClN2O/c1-15(10-4-2-3-7-13)12(16)11-5-8-14-9-6-11/h5-6,8-9H,2-4,7,10H2,1H3. The van der Waals surface area contributed by atoms with Gasteiger partial charge in [0, 0.05) is 37.4 Å². The zero-order valence-electron chi connectivity index (χ0n) is 9.53. The molecule has 1 amide bonds. The number of unbranched alkanes of at least 4 members (excludes halogenated alkanes) is 2. The number of halogens is 1. The van der Waals surface area contributed by atoms with Crippen molar-refractivity contribution in [3.05, 3.63) is 30.1 Å². The van der Waals surface area contributed by atoms with Crippen molar-refractivity contribution in [1.29, 1.82) is 0 Å². The van der Waals surface area contributed by atoms with Crippen LogP contribution in [0.2, 0.25) is 0 Å². The molecule has 4 heteroatoms. The smallest absolute Gasteiger partial charge is 0.253 e. The number of hydrogen-bond acceptors (Lipinski definition) is 2. The lowest BCUT2D eigenvalue weighted by atomic mass is 10.2. The van der Waals surface area contributed by atoms with Crippen LogP contribution >= 0.6 is 11.6 Å². The largest absolute Gasteiger partial charge is 0.342 e. The normalized spacial score (nSPS) is 10.1. The Bertz CT molecular complexity index is 316. The first kappa shape index (κ1) is 13.0. The van der Waals surface area contributed by atoms with Crippen LogP contribution in [0.4, 0.5) is 0 Å². The van der Waals surface area contributed by atoms with Gasteiger partial charge in [-0.1, -0.05) is 6.42 Å².